The Kier molecular flexibility index (Phi) is 10.7. The molecule has 0 amide bonds. The number of anilines is 2. The Hall–Kier alpha value is -4.83. The first kappa shape index (κ1) is 36.0. The number of hydrogen-bond donors (Lipinski definition) is 0. The van der Waals surface area contributed by atoms with Crippen molar-refractivity contribution in [3.05, 3.63) is 106 Å². The minimum Gasteiger partial charge on any atom is -0.466 e. The molecular formula is C40H47ClN7O3+. The van der Waals surface area contributed by atoms with Gasteiger partial charge >= 0.3 is 6.01 Å². The standard InChI is InChI=1S/C40H47ClN7O3/c1-39(2)30-15-7-9-17-32(30)47(23-12-25-51-38-44-42-37(43-45-38)46(5)6)34(39)21-19-28-13-11-14-29(36(28)41)20-22-35-40(3,4)31-16-8-10-18-33(31)48(35)24-26-50-27-49/h7-10,15-22,27H,11-14,23-26H2,1-6H3/q+1. The van der Waals surface area contributed by atoms with Crippen molar-refractivity contribution >= 4 is 41.1 Å². The number of aromatic nitrogens is 4. The summed E-state index contributed by atoms with van der Waals surface area (Å²) in [5, 5.41) is 17.0. The monoisotopic (exact) mass is 708 g/mol. The molecule has 0 radical (unpaired) electrons. The number of halogens is 1. The Morgan fingerprint density at radius 1 is 0.902 bits per heavy atom. The maximum absolute atomic E-state index is 10.9. The zero-order valence-corrected chi connectivity index (χ0v) is 31.2. The SMILES string of the molecule is CN(C)c1nnc(OCCC[N+]2=C(C=CC3=C(Cl)C(=CC=C4N(CCOC=O)c5ccccc5C4(C)C)CCC3)C(C)(C)c3ccccc32)nn1. The lowest BCUT2D eigenvalue weighted by atomic mass is 9.81. The predicted octanol–water partition coefficient (Wildman–Crippen LogP) is 7.19. The Bertz CT molecular complexity index is 1930. The second-order valence-corrected chi connectivity index (χ2v) is 14.7. The van der Waals surface area contributed by atoms with Crippen molar-refractivity contribution in [3.8, 4) is 6.01 Å². The molecule has 1 aliphatic carbocycles. The second kappa shape index (κ2) is 15.2. The highest BCUT2D eigenvalue weighted by Gasteiger charge is 2.44. The number of para-hydroxylation sites is 2. The molecule has 266 valence electrons. The van der Waals surface area contributed by atoms with Crippen molar-refractivity contribution in [2.45, 2.75) is 64.2 Å². The normalized spacial score (nSPS) is 19.2. The number of rotatable bonds is 13. The zero-order chi connectivity index (χ0) is 36.2. The molecule has 1 aromatic heterocycles. The summed E-state index contributed by atoms with van der Waals surface area (Å²) >= 11 is 7.20. The maximum Gasteiger partial charge on any atom is 0.355 e. The highest BCUT2D eigenvalue weighted by atomic mass is 35.5. The third-order valence-corrected chi connectivity index (χ3v) is 10.5. The topological polar surface area (TPSA) is 96.6 Å². The molecule has 2 aliphatic heterocycles. The van der Waals surface area contributed by atoms with Crippen molar-refractivity contribution in [1.82, 2.24) is 20.4 Å². The Morgan fingerprint density at radius 2 is 1.63 bits per heavy atom. The van der Waals surface area contributed by atoms with Crippen LogP contribution in [0.3, 0.4) is 0 Å². The first-order chi connectivity index (χ1) is 24.5. The van der Waals surface area contributed by atoms with E-state index < -0.39 is 0 Å². The van der Waals surface area contributed by atoms with Gasteiger partial charge in [-0.25, -0.2) is 0 Å². The lowest BCUT2D eigenvalue weighted by molar-refractivity contribution is -0.438. The Labute approximate surface area is 305 Å². The third kappa shape index (κ3) is 7.33. The van der Waals surface area contributed by atoms with Gasteiger partial charge in [0.05, 0.1) is 18.6 Å². The van der Waals surface area contributed by atoms with Crippen molar-refractivity contribution in [1.29, 1.82) is 0 Å². The molecule has 3 aliphatic rings. The minimum absolute atomic E-state index is 0.172. The van der Waals surface area contributed by atoms with E-state index in [-0.39, 0.29) is 16.8 Å². The summed E-state index contributed by atoms with van der Waals surface area (Å²) in [5.74, 6) is 0.436. The molecule has 3 heterocycles. The highest BCUT2D eigenvalue weighted by molar-refractivity contribution is 6.32. The zero-order valence-electron chi connectivity index (χ0n) is 30.4. The van der Waals surface area contributed by atoms with Crippen molar-refractivity contribution in [3.63, 3.8) is 0 Å². The van der Waals surface area contributed by atoms with Gasteiger partial charge in [-0.3, -0.25) is 4.79 Å². The number of carbonyl (C=O) groups excluding carboxylic acids is 1. The van der Waals surface area contributed by atoms with E-state index in [1.165, 1.54) is 22.5 Å². The van der Waals surface area contributed by atoms with E-state index in [1.54, 1.807) is 4.90 Å². The first-order valence-corrected chi connectivity index (χ1v) is 17.9. The fourth-order valence-electron chi connectivity index (χ4n) is 7.36. The molecular weight excluding hydrogens is 662 g/mol. The van der Waals surface area contributed by atoms with Gasteiger partial charge in [-0.1, -0.05) is 84.2 Å². The van der Waals surface area contributed by atoms with Crippen molar-refractivity contribution in [2.75, 3.05) is 50.2 Å². The average Bonchev–Trinajstić information content (AvgIpc) is 3.47. The maximum atomic E-state index is 10.9. The average molecular weight is 709 g/mol. The molecule has 0 bridgehead atoms. The fourth-order valence-corrected chi connectivity index (χ4v) is 7.68. The number of carbonyl (C=O) groups is 1. The molecule has 11 heteroatoms. The molecule has 3 aromatic rings. The molecule has 0 spiro atoms. The minimum atomic E-state index is -0.214. The number of fused-ring (bicyclic) bond motifs is 2. The summed E-state index contributed by atoms with van der Waals surface area (Å²) < 4.78 is 13.3. The van der Waals surface area contributed by atoms with Crippen LogP contribution in [0.5, 0.6) is 6.01 Å². The molecule has 0 fully saturated rings. The van der Waals surface area contributed by atoms with Gasteiger partial charge in [0.25, 0.3) is 12.4 Å². The van der Waals surface area contributed by atoms with Gasteiger partial charge in [-0.2, -0.15) is 4.58 Å². The highest BCUT2D eigenvalue weighted by Crippen LogP contribution is 2.48. The number of nitrogens with zero attached hydrogens (tertiary/aromatic N) is 7. The lowest BCUT2D eigenvalue weighted by Gasteiger charge is -2.27. The molecule has 0 unspecified atom stereocenters. The van der Waals surface area contributed by atoms with E-state index in [9.17, 15) is 4.79 Å². The summed E-state index contributed by atoms with van der Waals surface area (Å²) in [6.07, 6.45) is 12.5. The van der Waals surface area contributed by atoms with Gasteiger partial charge in [-0.05, 0) is 62.0 Å². The molecule has 2 aromatic carbocycles. The van der Waals surface area contributed by atoms with Crippen LogP contribution in [0.4, 0.5) is 17.3 Å². The molecule has 10 nitrogen and oxygen atoms in total. The van der Waals surface area contributed by atoms with E-state index in [0.717, 1.165) is 59.8 Å². The van der Waals surface area contributed by atoms with E-state index in [0.29, 0.717) is 32.2 Å². The van der Waals surface area contributed by atoms with E-state index in [2.05, 4.69) is 130 Å². The summed E-state index contributed by atoms with van der Waals surface area (Å²) in [6, 6.07) is 17.2. The van der Waals surface area contributed by atoms with E-state index in [4.69, 9.17) is 21.1 Å². The molecule has 6 rings (SSSR count). The molecule has 0 atom stereocenters. The van der Waals surface area contributed by atoms with Gasteiger partial charge in [-0.15, -0.1) is 10.2 Å². The smallest absolute Gasteiger partial charge is 0.355 e. The quantitative estimate of drug-likeness (QED) is 0.104. The van der Waals surface area contributed by atoms with Gasteiger partial charge in [0.15, 0.2) is 12.3 Å². The van der Waals surface area contributed by atoms with Crippen LogP contribution in [0.25, 0.3) is 0 Å². The van der Waals surface area contributed by atoms with Gasteiger partial charge in [0.2, 0.25) is 5.69 Å². The predicted molar refractivity (Wildman–Crippen MR) is 202 cm³/mol. The number of hydrogen-bond acceptors (Lipinski definition) is 9. The summed E-state index contributed by atoms with van der Waals surface area (Å²) in [4.78, 5) is 14.9. The Morgan fingerprint density at radius 3 is 2.37 bits per heavy atom. The largest absolute Gasteiger partial charge is 0.466 e. The number of benzene rings is 2. The van der Waals surface area contributed by atoms with Crippen molar-refractivity contribution in [2.24, 2.45) is 0 Å². The number of allylic oxidation sites excluding steroid dienone is 8. The second-order valence-electron chi connectivity index (χ2n) is 14.3. The van der Waals surface area contributed by atoms with Gasteiger partial charge in [0, 0.05) is 60.1 Å². The van der Waals surface area contributed by atoms with Crippen LogP contribution in [0, 0.1) is 0 Å². The van der Waals surface area contributed by atoms with E-state index >= 15 is 0 Å². The van der Waals surface area contributed by atoms with Crippen LogP contribution >= 0.6 is 11.6 Å². The third-order valence-electron chi connectivity index (χ3n) is 10.0. The Balaban J connectivity index is 1.25. The van der Waals surface area contributed by atoms with Crippen LogP contribution in [0.1, 0.15) is 64.5 Å². The fraction of sp³-hybridized carbons (Fsp3) is 0.400. The molecule has 0 saturated carbocycles. The van der Waals surface area contributed by atoms with Crippen LogP contribution in [-0.2, 0) is 20.4 Å². The summed E-state index contributed by atoms with van der Waals surface area (Å²) in [7, 11) is 3.68. The molecule has 0 saturated heterocycles. The van der Waals surface area contributed by atoms with Crippen LogP contribution < -0.4 is 14.5 Å². The summed E-state index contributed by atoms with van der Waals surface area (Å²) in [5.41, 5.74) is 9.12. The van der Waals surface area contributed by atoms with Crippen LogP contribution in [-0.4, -0.2) is 77.6 Å². The van der Waals surface area contributed by atoms with Crippen molar-refractivity contribution < 1.29 is 18.8 Å². The summed E-state index contributed by atoms with van der Waals surface area (Å²) in [6.45, 7) is 11.6. The van der Waals surface area contributed by atoms with E-state index in [1.807, 2.05) is 14.1 Å². The molecule has 0 N–H and O–H groups in total. The van der Waals surface area contributed by atoms with Gasteiger partial charge < -0.3 is 19.3 Å². The molecule has 51 heavy (non-hydrogen) atoms. The number of ether oxygens (including phenoxy) is 2. The lowest BCUT2D eigenvalue weighted by Crippen LogP contribution is -2.29. The van der Waals surface area contributed by atoms with Gasteiger partial charge in [0.1, 0.15) is 6.61 Å². The first-order valence-electron chi connectivity index (χ1n) is 17.6. The van der Waals surface area contributed by atoms with Crippen LogP contribution in [0.15, 0.2) is 94.7 Å². The van der Waals surface area contributed by atoms with Crippen LogP contribution in [0.2, 0.25) is 0 Å².